The van der Waals surface area contributed by atoms with Crippen molar-refractivity contribution in [3.8, 4) is 0 Å². The summed E-state index contributed by atoms with van der Waals surface area (Å²) in [6, 6.07) is 0.0265. The number of aliphatic carboxylic acids is 1. The first-order valence-electron chi connectivity index (χ1n) is 7.64. The van der Waals surface area contributed by atoms with Crippen LogP contribution in [0, 0.1) is 17.8 Å². The van der Waals surface area contributed by atoms with Crippen LogP contribution in [0.5, 0.6) is 0 Å². The predicted molar refractivity (Wildman–Crippen MR) is 78.6 cm³/mol. The molecule has 2 N–H and O–H groups in total. The van der Waals surface area contributed by atoms with Crippen molar-refractivity contribution in [2.24, 2.45) is 17.8 Å². The Morgan fingerprint density at radius 2 is 2.00 bits per heavy atom. The summed E-state index contributed by atoms with van der Waals surface area (Å²) >= 11 is 0. The first-order chi connectivity index (χ1) is 9.40. The number of carbonyl (C=O) groups is 2. The molecule has 0 aromatic rings. The smallest absolute Gasteiger partial charge is 0.317 e. The molecule has 0 aromatic heterocycles. The molecular formula is C15H28N2O3. The lowest BCUT2D eigenvalue weighted by Crippen LogP contribution is -2.39. The van der Waals surface area contributed by atoms with Crippen LogP contribution in [0.15, 0.2) is 0 Å². The zero-order valence-electron chi connectivity index (χ0n) is 12.9. The minimum absolute atomic E-state index is 0.0265. The Bertz CT molecular complexity index is 331. The number of rotatable bonds is 7. The molecule has 0 bridgehead atoms. The van der Waals surface area contributed by atoms with E-state index < -0.39 is 5.97 Å². The Balaban J connectivity index is 2.16. The predicted octanol–water partition coefficient (Wildman–Crippen LogP) is 2.56. The van der Waals surface area contributed by atoms with Crippen LogP contribution in [0.1, 0.15) is 46.5 Å². The largest absolute Gasteiger partial charge is 0.481 e. The number of carboxylic acid groups (broad SMARTS) is 1. The summed E-state index contributed by atoms with van der Waals surface area (Å²) in [6.07, 6.45) is 2.81. The number of carbonyl (C=O) groups excluding carboxylic acids is 1. The van der Waals surface area contributed by atoms with Crippen molar-refractivity contribution in [1.82, 2.24) is 10.2 Å². The Hall–Kier alpha value is -1.26. The number of carboxylic acids is 1. The molecule has 20 heavy (non-hydrogen) atoms. The second-order valence-electron chi connectivity index (χ2n) is 6.30. The van der Waals surface area contributed by atoms with Crippen LogP contribution in [-0.2, 0) is 4.79 Å². The van der Waals surface area contributed by atoms with Gasteiger partial charge in [-0.3, -0.25) is 4.79 Å². The number of amides is 2. The topological polar surface area (TPSA) is 69.6 Å². The average Bonchev–Trinajstić information content (AvgIpc) is 2.86. The highest BCUT2D eigenvalue weighted by atomic mass is 16.4. The molecule has 0 saturated carbocycles. The first-order valence-corrected chi connectivity index (χ1v) is 7.64. The Kier molecular flexibility index (Phi) is 6.82. The number of urea groups is 1. The number of hydrogen-bond donors (Lipinski definition) is 2. The van der Waals surface area contributed by atoms with Gasteiger partial charge in [0.2, 0.25) is 0 Å². The maximum absolute atomic E-state index is 12.0. The zero-order valence-corrected chi connectivity index (χ0v) is 12.9. The summed E-state index contributed by atoms with van der Waals surface area (Å²) in [5.41, 5.74) is 0. The molecule has 1 fully saturated rings. The highest BCUT2D eigenvalue weighted by molar-refractivity contribution is 5.74. The summed E-state index contributed by atoms with van der Waals surface area (Å²) in [5, 5.41) is 11.6. The van der Waals surface area contributed by atoms with Crippen molar-refractivity contribution in [1.29, 1.82) is 0 Å². The first kappa shape index (κ1) is 16.8. The van der Waals surface area contributed by atoms with Gasteiger partial charge in [0.25, 0.3) is 0 Å². The molecule has 116 valence electrons. The fourth-order valence-corrected chi connectivity index (χ4v) is 2.57. The molecular weight excluding hydrogens is 256 g/mol. The van der Waals surface area contributed by atoms with Gasteiger partial charge in [-0.2, -0.15) is 0 Å². The molecule has 2 amide bonds. The third-order valence-corrected chi connectivity index (χ3v) is 4.22. The van der Waals surface area contributed by atoms with Crippen LogP contribution in [0.2, 0.25) is 0 Å². The average molecular weight is 284 g/mol. The Labute approximate surface area is 121 Å². The molecule has 0 spiro atoms. The van der Waals surface area contributed by atoms with Gasteiger partial charge < -0.3 is 15.3 Å². The van der Waals surface area contributed by atoms with Crippen molar-refractivity contribution in [3.63, 3.8) is 0 Å². The number of hydrogen-bond acceptors (Lipinski definition) is 2. The van der Waals surface area contributed by atoms with E-state index >= 15 is 0 Å². The molecule has 0 aromatic carbocycles. The van der Waals surface area contributed by atoms with Crippen molar-refractivity contribution >= 4 is 12.0 Å². The molecule has 1 aliphatic rings. The van der Waals surface area contributed by atoms with E-state index in [0.29, 0.717) is 30.7 Å². The molecule has 5 heteroatoms. The van der Waals surface area contributed by atoms with Gasteiger partial charge in [-0.15, -0.1) is 0 Å². The van der Waals surface area contributed by atoms with E-state index in [9.17, 15) is 9.59 Å². The molecule has 1 aliphatic heterocycles. The van der Waals surface area contributed by atoms with E-state index in [4.69, 9.17) is 5.11 Å². The van der Waals surface area contributed by atoms with E-state index in [-0.39, 0.29) is 12.5 Å². The molecule has 2 atom stereocenters. The van der Waals surface area contributed by atoms with Crippen LogP contribution in [0.25, 0.3) is 0 Å². The van der Waals surface area contributed by atoms with Gasteiger partial charge in [-0.25, -0.2) is 4.79 Å². The normalized spacial score (nSPS) is 20.2. The standard InChI is InChI=1S/C15H28N2O3/c1-11(2)13-7-9-17(10-13)15(20)16-8-6-12(3)4-5-14(18)19/h11-13H,4-10H2,1-3H3,(H,16,20)(H,18,19). The number of nitrogens with one attached hydrogen (secondary N) is 1. The fourth-order valence-electron chi connectivity index (χ4n) is 2.57. The third kappa shape index (κ3) is 5.80. The lowest BCUT2D eigenvalue weighted by atomic mass is 9.95. The summed E-state index contributed by atoms with van der Waals surface area (Å²) in [5.74, 6) is 0.824. The monoisotopic (exact) mass is 284 g/mol. The van der Waals surface area contributed by atoms with E-state index in [2.05, 4.69) is 19.2 Å². The highest BCUT2D eigenvalue weighted by Crippen LogP contribution is 2.23. The minimum atomic E-state index is -0.752. The van der Waals surface area contributed by atoms with Crippen LogP contribution < -0.4 is 5.32 Å². The molecule has 1 rings (SSSR count). The fraction of sp³-hybridized carbons (Fsp3) is 0.867. The van der Waals surface area contributed by atoms with Gasteiger partial charge in [-0.1, -0.05) is 20.8 Å². The SMILES string of the molecule is CC(CCNC(=O)N1CCC(C(C)C)C1)CCC(=O)O. The summed E-state index contributed by atoms with van der Waals surface area (Å²) < 4.78 is 0. The van der Waals surface area contributed by atoms with Crippen LogP contribution in [0.4, 0.5) is 4.79 Å². The van der Waals surface area contributed by atoms with Crippen LogP contribution in [0.3, 0.4) is 0 Å². The van der Waals surface area contributed by atoms with E-state index in [0.717, 1.165) is 25.9 Å². The minimum Gasteiger partial charge on any atom is -0.481 e. The maximum atomic E-state index is 12.0. The number of likely N-dealkylation sites (tertiary alicyclic amines) is 1. The molecule has 0 radical (unpaired) electrons. The van der Waals surface area contributed by atoms with Crippen LogP contribution in [-0.4, -0.2) is 41.6 Å². The molecule has 1 saturated heterocycles. The highest BCUT2D eigenvalue weighted by Gasteiger charge is 2.27. The van der Waals surface area contributed by atoms with Gasteiger partial charge in [0.15, 0.2) is 0 Å². The van der Waals surface area contributed by atoms with Crippen LogP contribution >= 0.6 is 0 Å². The van der Waals surface area contributed by atoms with Crippen molar-refractivity contribution in [2.45, 2.75) is 46.5 Å². The van der Waals surface area contributed by atoms with E-state index in [1.165, 1.54) is 0 Å². The second-order valence-corrected chi connectivity index (χ2v) is 6.30. The molecule has 2 unspecified atom stereocenters. The third-order valence-electron chi connectivity index (χ3n) is 4.22. The van der Waals surface area contributed by atoms with E-state index in [1.54, 1.807) is 0 Å². The zero-order chi connectivity index (χ0) is 15.1. The molecule has 5 nitrogen and oxygen atoms in total. The Morgan fingerprint density at radius 1 is 1.30 bits per heavy atom. The lowest BCUT2D eigenvalue weighted by molar-refractivity contribution is -0.137. The Morgan fingerprint density at radius 3 is 2.55 bits per heavy atom. The summed E-state index contributed by atoms with van der Waals surface area (Å²) in [4.78, 5) is 24.3. The maximum Gasteiger partial charge on any atom is 0.317 e. The van der Waals surface area contributed by atoms with Crippen molar-refractivity contribution in [2.75, 3.05) is 19.6 Å². The molecule has 1 heterocycles. The van der Waals surface area contributed by atoms with Gasteiger partial charge in [0, 0.05) is 26.1 Å². The molecule has 0 aliphatic carbocycles. The van der Waals surface area contributed by atoms with Crippen molar-refractivity contribution < 1.29 is 14.7 Å². The quantitative estimate of drug-likeness (QED) is 0.755. The van der Waals surface area contributed by atoms with Gasteiger partial charge >= 0.3 is 12.0 Å². The van der Waals surface area contributed by atoms with Gasteiger partial charge in [0.1, 0.15) is 0 Å². The number of nitrogens with zero attached hydrogens (tertiary/aromatic N) is 1. The second kappa shape index (κ2) is 8.12. The van der Waals surface area contributed by atoms with Gasteiger partial charge in [-0.05, 0) is 37.0 Å². The van der Waals surface area contributed by atoms with Gasteiger partial charge in [0.05, 0.1) is 0 Å². The van der Waals surface area contributed by atoms with Crippen molar-refractivity contribution in [3.05, 3.63) is 0 Å². The van der Waals surface area contributed by atoms with E-state index in [1.807, 2.05) is 11.8 Å². The summed E-state index contributed by atoms with van der Waals surface area (Å²) in [6.45, 7) is 8.77. The summed E-state index contributed by atoms with van der Waals surface area (Å²) in [7, 11) is 0. The lowest BCUT2D eigenvalue weighted by Gasteiger charge is -2.19.